The Morgan fingerprint density at radius 3 is 3.06 bits per heavy atom. The van der Waals surface area contributed by atoms with Crippen molar-refractivity contribution in [2.24, 2.45) is 5.73 Å². The highest BCUT2D eigenvalue weighted by atomic mass is 16.4. The van der Waals surface area contributed by atoms with Crippen LogP contribution in [-0.2, 0) is 17.6 Å². The summed E-state index contributed by atoms with van der Waals surface area (Å²) >= 11 is 0. The normalized spacial score (nSPS) is 15.8. The van der Waals surface area contributed by atoms with Gasteiger partial charge in [0.2, 0.25) is 0 Å². The molecule has 1 unspecified atom stereocenters. The molecule has 4 heteroatoms. The zero-order chi connectivity index (χ0) is 11.5. The number of rotatable bonds is 4. The van der Waals surface area contributed by atoms with Crippen molar-refractivity contribution in [2.75, 3.05) is 6.54 Å². The van der Waals surface area contributed by atoms with Gasteiger partial charge in [-0.2, -0.15) is 0 Å². The third kappa shape index (κ3) is 2.22. The van der Waals surface area contributed by atoms with Gasteiger partial charge in [0.15, 0.2) is 0 Å². The Hall–Kier alpha value is -1.42. The van der Waals surface area contributed by atoms with E-state index in [2.05, 4.69) is 11.1 Å². The van der Waals surface area contributed by atoms with Crippen LogP contribution in [0.5, 0.6) is 0 Å². The fourth-order valence-corrected chi connectivity index (χ4v) is 2.22. The first-order chi connectivity index (χ1) is 7.70. The molecule has 1 aromatic heterocycles. The van der Waals surface area contributed by atoms with E-state index in [0.717, 1.165) is 30.5 Å². The molecule has 0 amide bonds. The molecule has 1 atom stereocenters. The van der Waals surface area contributed by atoms with Gasteiger partial charge in [-0.1, -0.05) is 6.07 Å². The molecule has 0 aliphatic heterocycles. The lowest BCUT2D eigenvalue weighted by Crippen LogP contribution is -2.16. The lowest BCUT2D eigenvalue weighted by atomic mass is 9.96. The number of carboxylic acids is 1. The minimum Gasteiger partial charge on any atom is -0.481 e. The van der Waals surface area contributed by atoms with Gasteiger partial charge in [-0.25, -0.2) is 0 Å². The van der Waals surface area contributed by atoms with Crippen molar-refractivity contribution < 1.29 is 9.90 Å². The van der Waals surface area contributed by atoms with Crippen LogP contribution in [0.4, 0.5) is 0 Å². The molecule has 1 aliphatic carbocycles. The van der Waals surface area contributed by atoms with Crippen LogP contribution >= 0.6 is 0 Å². The van der Waals surface area contributed by atoms with Crippen LogP contribution in [0.1, 0.15) is 35.6 Å². The number of carboxylic acid groups (broad SMARTS) is 1. The maximum absolute atomic E-state index is 10.7. The van der Waals surface area contributed by atoms with Crippen molar-refractivity contribution in [1.29, 1.82) is 0 Å². The largest absolute Gasteiger partial charge is 0.481 e. The highest BCUT2D eigenvalue weighted by molar-refractivity contribution is 5.68. The number of pyridine rings is 1. The zero-order valence-corrected chi connectivity index (χ0v) is 9.15. The Morgan fingerprint density at radius 2 is 2.38 bits per heavy atom. The second-order valence-corrected chi connectivity index (χ2v) is 4.26. The molecule has 1 aliphatic rings. The molecule has 1 aromatic rings. The molecule has 86 valence electrons. The fourth-order valence-electron chi connectivity index (χ4n) is 2.22. The van der Waals surface area contributed by atoms with Crippen molar-refractivity contribution in [2.45, 2.75) is 31.6 Å². The number of hydrogen-bond acceptors (Lipinski definition) is 3. The molecule has 0 saturated carbocycles. The Morgan fingerprint density at radius 1 is 1.56 bits per heavy atom. The predicted octanol–water partition coefficient (Wildman–Crippen LogP) is 1.09. The van der Waals surface area contributed by atoms with Crippen LogP contribution in [0.25, 0.3) is 0 Å². The van der Waals surface area contributed by atoms with E-state index in [-0.39, 0.29) is 12.3 Å². The summed E-state index contributed by atoms with van der Waals surface area (Å²) in [7, 11) is 0. The quantitative estimate of drug-likeness (QED) is 0.796. The summed E-state index contributed by atoms with van der Waals surface area (Å²) in [4.78, 5) is 15.1. The third-order valence-electron chi connectivity index (χ3n) is 3.12. The summed E-state index contributed by atoms with van der Waals surface area (Å²) in [5.74, 6) is -0.924. The average Bonchev–Trinajstić information content (AvgIpc) is 2.72. The lowest BCUT2D eigenvalue weighted by Gasteiger charge is -2.13. The number of nitrogens with zero attached hydrogens (tertiary/aromatic N) is 1. The fraction of sp³-hybridized carbons (Fsp3) is 0.500. The molecule has 0 aromatic carbocycles. The first-order valence-corrected chi connectivity index (χ1v) is 5.60. The summed E-state index contributed by atoms with van der Waals surface area (Å²) in [6, 6.07) is 2.08. The van der Waals surface area contributed by atoms with Crippen molar-refractivity contribution >= 4 is 5.97 Å². The van der Waals surface area contributed by atoms with E-state index in [1.165, 1.54) is 5.56 Å². The molecule has 16 heavy (non-hydrogen) atoms. The monoisotopic (exact) mass is 220 g/mol. The number of carbonyl (C=O) groups is 1. The number of aryl methyl sites for hydroxylation is 2. The van der Waals surface area contributed by atoms with Gasteiger partial charge in [0, 0.05) is 17.8 Å². The number of aromatic nitrogens is 1. The first kappa shape index (κ1) is 11.1. The van der Waals surface area contributed by atoms with E-state index in [0.29, 0.717) is 6.54 Å². The molecular formula is C12H16N2O2. The summed E-state index contributed by atoms with van der Waals surface area (Å²) in [5.41, 5.74) is 9.00. The minimum atomic E-state index is -0.809. The minimum absolute atomic E-state index is 0.0803. The van der Waals surface area contributed by atoms with Gasteiger partial charge in [0.1, 0.15) is 0 Å². The second-order valence-electron chi connectivity index (χ2n) is 4.26. The van der Waals surface area contributed by atoms with Gasteiger partial charge in [-0.05, 0) is 36.9 Å². The Bertz CT molecular complexity index is 404. The van der Waals surface area contributed by atoms with Gasteiger partial charge in [0.05, 0.1) is 6.42 Å². The Labute approximate surface area is 94.5 Å². The maximum atomic E-state index is 10.7. The van der Waals surface area contributed by atoms with E-state index >= 15 is 0 Å². The summed E-state index contributed by atoms with van der Waals surface area (Å²) in [6.07, 6.45) is 5.11. The van der Waals surface area contributed by atoms with Gasteiger partial charge < -0.3 is 10.8 Å². The van der Waals surface area contributed by atoms with Gasteiger partial charge in [0.25, 0.3) is 0 Å². The summed E-state index contributed by atoms with van der Waals surface area (Å²) in [5, 5.41) is 8.79. The Balaban J connectivity index is 2.21. The van der Waals surface area contributed by atoms with E-state index in [1.54, 1.807) is 6.20 Å². The first-order valence-electron chi connectivity index (χ1n) is 5.60. The number of aliphatic carboxylic acids is 1. The molecule has 2 rings (SSSR count). The highest BCUT2D eigenvalue weighted by Gasteiger charge is 2.18. The second kappa shape index (κ2) is 4.61. The van der Waals surface area contributed by atoms with E-state index in [4.69, 9.17) is 10.8 Å². The topological polar surface area (TPSA) is 76.2 Å². The molecule has 0 spiro atoms. The van der Waals surface area contributed by atoms with Crippen molar-refractivity contribution in [1.82, 2.24) is 4.98 Å². The van der Waals surface area contributed by atoms with Crippen molar-refractivity contribution in [3.63, 3.8) is 0 Å². The van der Waals surface area contributed by atoms with Crippen LogP contribution in [0, 0.1) is 0 Å². The number of nitrogens with two attached hydrogens (primary N) is 1. The zero-order valence-electron chi connectivity index (χ0n) is 9.15. The van der Waals surface area contributed by atoms with Gasteiger partial charge >= 0.3 is 5.97 Å². The standard InChI is InChI=1S/C12H16N2O2/c13-6-9(5-12(15)16)10-4-8-2-1-3-11(8)14-7-10/h4,7,9H,1-3,5-6,13H2,(H,15,16). The van der Waals surface area contributed by atoms with Gasteiger partial charge in [-0.3, -0.25) is 9.78 Å². The van der Waals surface area contributed by atoms with Crippen LogP contribution in [0.15, 0.2) is 12.3 Å². The highest BCUT2D eigenvalue weighted by Crippen LogP contribution is 2.25. The number of hydrogen-bond donors (Lipinski definition) is 2. The van der Waals surface area contributed by atoms with Crippen molar-refractivity contribution in [3.05, 3.63) is 29.1 Å². The van der Waals surface area contributed by atoms with E-state index < -0.39 is 5.97 Å². The molecule has 0 saturated heterocycles. The number of fused-ring (bicyclic) bond motifs is 1. The maximum Gasteiger partial charge on any atom is 0.304 e. The summed E-state index contributed by atoms with van der Waals surface area (Å²) in [6.45, 7) is 0.354. The molecule has 0 bridgehead atoms. The predicted molar refractivity (Wildman–Crippen MR) is 60.3 cm³/mol. The van der Waals surface area contributed by atoms with Gasteiger partial charge in [-0.15, -0.1) is 0 Å². The Kier molecular flexibility index (Phi) is 3.19. The third-order valence-corrected chi connectivity index (χ3v) is 3.12. The molecular weight excluding hydrogens is 204 g/mol. The molecule has 0 fully saturated rings. The average molecular weight is 220 g/mol. The van der Waals surface area contributed by atoms with E-state index in [9.17, 15) is 4.79 Å². The smallest absolute Gasteiger partial charge is 0.304 e. The van der Waals surface area contributed by atoms with Crippen molar-refractivity contribution in [3.8, 4) is 0 Å². The van der Waals surface area contributed by atoms with Crippen LogP contribution in [-0.4, -0.2) is 22.6 Å². The van der Waals surface area contributed by atoms with E-state index in [1.807, 2.05) is 0 Å². The molecule has 3 N–H and O–H groups in total. The molecule has 4 nitrogen and oxygen atoms in total. The van der Waals surface area contributed by atoms with Crippen LogP contribution in [0.3, 0.4) is 0 Å². The SMILES string of the molecule is NCC(CC(=O)O)c1cnc2c(c1)CCC2. The summed E-state index contributed by atoms with van der Waals surface area (Å²) < 4.78 is 0. The molecule has 1 heterocycles. The van der Waals surface area contributed by atoms with Crippen LogP contribution in [0.2, 0.25) is 0 Å². The lowest BCUT2D eigenvalue weighted by molar-refractivity contribution is -0.137. The van der Waals surface area contributed by atoms with Crippen LogP contribution < -0.4 is 5.73 Å². The molecule has 0 radical (unpaired) electrons.